The summed E-state index contributed by atoms with van der Waals surface area (Å²) in [4.78, 5) is 32.4. The summed E-state index contributed by atoms with van der Waals surface area (Å²) < 4.78 is 12.2. The van der Waals surface area contributed by atoms with E-state index in [9.17, 15) is 10.1 Å². The lowest BCUT2D eigenvalue weighted by atomic mass is 10.0. The predicted octanol–water partition coefficient (Wildman–Crippen LogP) is 6.19. The number of nitriles is 1. The molecular formula is C40H45N7O3. The number of likely N-dealkylation sites (tertiary alicyclic amines) is 1. The van der Waals surface area contributed by atoms with E-state index in [4.69, 9.17) is 19.4 Å². The lowest BCUT2D eigenvalue weighted by Crippen LogP contribution is -2.55. The van der Waals surface area contributed by atoms with Gasteiger partial charge in [0.1, 0.15) is 19.0 Å². The fourth-order valence-corrected chi connectivity index (χ4v) is 7.90. The molecule has 1 aromatic heterocycles. The van der Waals surface area contributed by atoms with E-state index in [2.05, 4.69) is 63.2 Å². The van der Waals surface area contributed by atoms with E-state index in [0.717, 1.165) is 54.5 Å². The summed E-state index contributed by atoms with van der Waals surface area (Å²) in [6.45, 7) is 6.08. The van der Waals surface area contributed by atoms with Crippen molar-refractivity contribution in [2.24, 2.45) is 5.92 Å². The standard InChI is InChI=1S/C40H45N7O3/c41-19-17-32-25-46(22-23-47(32)40(48)50-27-30-8-2-1-3-9-30)38-35-18-21-45(37-14-6-11-31-10-4-5-13-34(31)37)26-36(35)42-39(43-38)49-28-33-12-7-20-44(33)24-29-15-16-29/h1-6,8-11,13-14,29,32-33H,7,12,15-18,20-28H2/t32?,33-/m0/s1. The van der Waals surface area contributed by atoms with Crippen LogP contribution in [0, 0.1) is 17.2 Å². The van der Waals surface area contributed by atoms with Gasteiger partial charge < -0.3 is 24.2 Å². The summed E-state index contributed by atoms with van der Waals surface area (Å²) in [6, 6.07) is 27.5. The van der Waals surface area contributed by atoms with Crippen LogP contribution >= 0.6 is 0 Å². The Morgan fingerprint density at radius 1 is 0.880 bits per heavy atom. The van der Waals surface area contributed by atoms with E-state index >= 15 is 0 Å². The first-order valence-electron chi connectivity index (χ1n) is 18.2. The van der Waals surface area contributed by atoms with Gasteiger partial charge >= 0.3 is 12.1 Å². The topological polar surface area (TPSA) is 98.1 Å². The Bertz CT molecular complexity index is 1850. The molecule has 3 aliphatic heterocycles. The molecule has 0 spiro atoms. The van der Waals surface area contributed by atoms with E-state index in [1.54, 1.807) is 4.90 Å². The number of ether oxygens (including phenoxy) is 2. The Balaban J connectivity index is 1.05. The summed E-state index contributed by atoms with van der Waals surface area (Å²) >= 11 is 0. The van der Waals surface area contributed by atoms with Crippen LogP contribution in [-0.4, -0.2) is 83.8 Å². The number of carbonyl (C=O) groups is 1. The number of benzene rings is 3. The Morgan fingerprint density at radius 2 is 1.72 bits per heavy atom. The minimum absolute atomic E-state index is 0.200. The number of hydrogen-bond acceptors (Lipinski definition) is 9. The minimum atomic E-state index is -0.388. The molecule has 10 nitrogen and oxygen atoms in total. The highest BCUT2D eigenvalue weighted by molar-refractivity contribution is 5.94. The Morgan fingerprint density at radius 3 is 2.58 bits per heavy atom. The van der Waals surface area contributed by atoms with Crippen molar-refractivity contribution in [1.82, 2.24) is 19.8 Å². The summed E-state index contributed by atoms with van der Waals surface area (Å²) in [6.07, 6.45) is 5.64. The van der Waals surface area contributed by atoms with E-state index in [1.807, 2.05) is 30.3 Å². The summed E-state index contributed by atoms with van der Waals surface area (Å²) in [5.41, 5.74) is 4.24. The first-order chi connectivity index (χ1) is 24.6. The van der Waals surface area contributed by atoms with Gasteiger partial charge in [-0.2, -0.15) is 15.2 Å². The first kappa shape index (κ1) is 32.3. The lowest BCUT2D eigenvalue weighted by Gasteiger charge is -2.42. The van der Waals surface area contributed by atoms with Crippen molar-refractivity contribution in [1.29, 1.82) is 5.26 Å². The number of rotatable bonds is 10. The molecule has 1 saturated carbocycles. The van der Waals surface area contributed by atoms with Crippen LogP contribution < -0.4 is 14.5 Å². The molecule has 4 aliphatic rings. The largest absolute Gasteiger partial charge is 0.462 e. The number of anilines is 2. The van der Waals surface area contributed by atoms with Gasteiger partial charge in [-0.15, -0.1) is 0 Å². The maximum atomic E-state index is 13.3. The number of aromatic nitrogens is 2. The molecule has 258 valence electrons. The Hall–Kier alpha value is -4.88. The summed E-state index contributed by atoms with van der Waals surface area (Å²) in [7, 11) is 0. The molecule has 10 heteroatoms. The summed E-state index contributed by atoms with van der Waals surface area (Å²) in [5.74, 6) is 1.71. The fraction of sp³-hybridized carbons (Fsp3) is 0.450. The molecule has 3 aromatic carbocycles. The monoisotopic (exact) mass is 671 g/mol. The van der Waals surface area contributed by atoms with Gasteiger partial charge in [-0.05, 0) is 61.6 Å². The SMILES string of the molecule is N#CCC1CN(c2nc(OC[C@@H]3CCCN3CC3CC3)nc3c2CCN(c2cccc4ccccc24)C3)CCN1C(=O)OCc1ccccc1. The third-order valence-corrected chi connectivity index (χ3v) is 10.8. The molecular weight excluding hydrogens is 626 g/mol. The predicted molar refractivity (Wildman–Crippen MR) is 193 cm³/mol. The maximum Gasteiger partial charge on any atom is 0.410 e. The van der Waals surface area contributed by atoms with Crippen molar-refractivity contribution in [3.63, 3.8) is 0 Å². The van der Waals surface area contributed by atoms with E-state index in [-0.39, 0.29) is 25.2 Å². The average Bonchev–Trinajstić information content (AvgIpc) is 3.87. The van der Waals surface area contributed by atoms with E-state index in [0.29, 0.717) is 44.8 Å². The molecule has 1 amide bonds. The fourth-order valence-electron chi connectivity index (χ4n) is 7.90. The zero-order valence-electron chi connectivity index (χ0n) is 28.6. The Labute approximate surface area is 294 Å². The number of nitrogens with zero attached hydrogens (tertiary/aromatic N) is 7. The van der Waals surface area contributed by atoms with Gasteiger partial charge in [-0.3, -0.25) is 4.90 Å². The molecule has 4 aromatic rings. The van der Waals surface area contributed by atoms with Crippen molar-refractivity contribution < 1.29 is 14.3 Å². The molecule has 50 heavy (non-hydrogen) atoms. The average molecular weight is 672 g/mol. The minimum Gasteiger partial charge on any atom is -0.462 e. The normalized spacial score (nSPS) is 20.8. The van der Waals surface area contributed by atoms with Crippen LogP contribution in [0.15, 0.2) is 72.8 Å². The zero-order chi connectivity index (χ0) is 33.9. The van der Waals surface area contributed by atoms with Crippen molar-refractivity contribution >= 4 is 28.4 Å². The second kappa shape index (κ2) is 14.5. The van der Waals surface area contributed by atoms with Crippen molar-refractivity contribution in [2.75, 3.05) is 55.7 Å². The molecule has 2 atom stereocenters. The lowest BCUT2D eigenvalue weighted by molar-refractivity contribution is 0.0767. The van der Waals surface area contributed by atoms with Gasteiger partial charge in [-0.25, -0.2) is 4.79 Å². The van der Waals surface area contributed by atoms with Crippen molar-refractivity contribution in [2.45, 2.75) is 63.8 Å². The van der Waals surface area contributed by atoms with E-state index < -0.39 is 0 Å². The van der Waals surface area contributed by atoms with Crippen LogP contribution in [0.2, 0.25) is 0 Å². The van der Waals surface area contributed by atoms with Gasteiger partial charge in [0.05, 0.1) is 30.8 Å². The zero-order valence-corrected chi connectivity index (χ0v) is 28.6. The van der Waals surface area contributed by atoms with Crippen molar-refractivity contribution in [3.05, 3.63) is 89.6 Å². The highest BCUT2D eigenvalue weighted by Gasteiger charge is 2.36. The molecule has 4 heterocycles. The highest BCUT2D eigenvalue weighted by Crippen LogP contribution is 2.36. The third kappa shape index (κ3) is 7.06. The molecule has 8 rings (SSSR count). The number of carbonyl (C=O) groups excluding carboxylic acids is 1. The van der Waals surface area contributed by atoms with Gasteiger partial charge in [0.2, 0.25) is 0 Å². The van der Waals surface area contributed by atoms with Crippen molar-refractivity contribution in [3.8, 4) is 12.1 Å². The molecule has 3 fully saturated rings. The molecule has 1 unspecified atom stereocenters. The van der Waals surface area contributed by atoms with Gasteiger partial charge in [-0.1, -0.05) is 66.7 Å². The van der Waals surface area contributed by atoms with Crippen LogP contribution in [0.4, 0.5) is 16.3 Å². The number of fused-ring (bicyclic) bond motifs is 2. The second-order valence-corrected chi connectivity index (χ2v) is 14.2. The molecule has 1 aliphatic carbocycles. The van der Waals surface area contributed by atoms with Gasteiger partial charge in [0.25, 0.3) is 0 Å². The van der Waals surface area contributed by atoms with Crippen LogP contribution in [0.25, 0.3) is 10.8 Å². The third-order valence-electron chi connectivity index (χ3n) is 10.8. The van der Waals surface area contributed by atoms with Gasteiger partial charge in [0, 0.05) is 55.4 Å². The van der Waals surface area contributed by atoms with Crippen LogP contribution in [0.5, 0.6) is 6.01 Å². The maximum absolute atomic E-state index is 13.3. The second-order valence-electron chi connectivity index (χ2n) is 14.2. The van der Waals surface area contributed by atoms with E-state index in [1.165, 1.54) is 42.3 Å². The molecule has 0 bridgehead atoms. The summed E-state index contributed by atoms with van der Waals surface area (Å²) in [5, 5.41) is 12.2. The Kier molecular flexibility index (Phi) is 9.40. The first-order valence-corrected chi connectivity index (χ1v) is 18.2. The van der Waals surface area contributed by atoms with Crippen LogP contribution in [0.1, 0.15) is 48.9 Å². The number of amides is 1. The number of hydrogen-bond donors (Lipinski definition) is 0. The molecule has 2 saturated heterocycles. The van der Waals surface area contributed by atoms with Gasteiger partial charge in [0.15, 0.2) is 0 Å². The molecule has 0 N–H and O–H groups in total. The van der Waals surface area contributed by atoms with Crippen LogP contribution in [0.3, 0.4) is 0 Å². The smallest absolute Gasteiger partial charge is 0.410 e. The molecule has 0 radical (unpaired) electrons. The highest BCUT2D eigenvalue weighted by atomic mass is 16.6. The number of piperazine rings is 1. The van der Waals surface area contributed by atoms with Crippen LogP contribution in [-0.2, 0) is 24.3 Å². The quantitative estimate of drug-likeness (QED) is 0.196.